The Kier molecular flexibility index (Phi) is 21.9. The zero-order valence-electron chi connectivity index (χ0n) is 46.7. The van der Waals surface area contributed by atoms with Gasteiger partial charge in [0.1, 0.15) is 24.6 Å². The molecular weight excluding hydrogens is 949 g/mol. The van der Waals surface area contributed by atoms with Crippen molar-refractivity contribution in [3.05, 3.63) is 155 Å². The molecule has 0 saturated heterocycles. The number of fused-ring (bicyclic) bond motifs is 2. The maximum Gasteiger partial charge on any atom is 0.135 e. The van der Waals surface area contributed by atoms with E-state index in [1.807, 2.05) is 48.5 Å². The highest BCUT2D eigenvalue weighted by Crippen LogP contribution is 2.61. The molecule has 10 heteroatoms. The van der Waals surface area contributed by atoms with Crippen LogP contribution in [0.5, 0.6) is 0 Å². The third-order valence-electron chi connectivity index (χ3n) is 18.3. The molecule has 12 atom stereocenters. The van der Waals surface area contributed by atoms with Crippen LogP contribution < -0.4 is 0 Å². The monoisotopic (exact) mass is 1040 g/mol. The minimum Gasteiger partial charge on any atom is -0.396 e. The molecule has 6 aliphatic carbocycles. The van der Waals surface area contributed by atoms with Gasteiger partial charge >= 0.3 is 0 Å². The van der Waals surface area contributed by atoms with E-state index in [9.17, 15) is 20.4 Å². The summed E-state index contributed by atoms with van der Waals surface area (Å²) in [5.41, 5.74) is 10.8. The molecule has 2 aromatic rings. The smallest absolute Gasteiger partial charge is 0.135 e. The van der Waals surface area contributed by atoms with Crippen molar-refractivity contribution in [1.82, 2.24) is 0 Å². The number of benzene rings is 2. The number of ether oxygens (including phenoxy) is 2. The van der Waals surface area contributed by atoms with Crippen LogP contribution in [0.15, 0.2) is 155 Å². The molecule has 0 radical (unpaired) electrons. The average molecular weight is 1040 g/mol. The molecule has 4 N–H and O–H groups in total. The average Bonchev–Trinajstić information content (AvgIpc) is 4.00. The van der Waals surface area contributed by atoms with Gasteiger partial charge < -0.3 is 39.6 Å². The van der Waals surface area contributed by atoms with Crippen LogP contribution in [0.2, 0.25) is 0 Å². The van der Waals surface area contributed by atoms with Crippen molar-refractivity contribution in [3.63, 3.8) is 0 Å². The second-order valence-electron chi connectivity index (χ2n) is 23.5. The van der Waals surface area contributed by atoms with Crippen LogP contribution in [0.1, 0.15) is 142 Å². The molecule has 0 aromatic heterocycles. The summed E-state index contributed by atoms with van der Waals surface area (Å²) in [6.07, 6.45) is 23.1. The van der Waals surface area contributed by atoms with Crippen molar-refractivity contribution in [2.45, 2.75) is 155 Å². The number of hydrogen-bond donors (Lipinski definition) is 4. The van der Waals surface area contributed by atoms with Crippen LogP contribution in [0.3, 0.4) is 0 Å². The van der Waals surface area contributed by atoms with Gasteiger partial charge in [0, 0.05) is 37.2 Å². The zero-order valence-corrected chi connectivity index (χ0v) is 46.7. The highest BCUT2D eigenvalue weighted by Gasteiger charge is 2.52. The van der Waals surface area contributed by atoms with Crippen LogP contribution in [-0.2, 0) is 19.1 Å². The first-order chi connectivity index (χ1) is 36.7. The van der Waals surface area contributed by atoms with Crippen LogP contribution in [0.4, 0.5) is 0 Å². The Morgan fingerprint density at radius 1 is 0.645 bits per heavy atom. The van der Waals surface area contributed by atoms with Gasteiger partial charge in [0.05, 0.1) is 37.6 Å². The lowest BCUT2D eigenvalue weighted by molar-refractivity contribution is 0.0448. The summed E-state index contributed by atoms with van der Waals surface area (Å²) in [6.45, 7) is 26.8. The molecule has 2 aromatic carbocycles. The third-order valence-corrected chi connectivity index (χ3v) is 18.3. The lowest BCUT2D eigenvalue weighted by Gasteiger charge is -2.44. The number of aliphatic hydroxyl groups excluding tert-OH is 4. The van der Waals surface area contributed by atoms with E-state index in [0.29, 0.717) is 101 Å². The molecule has 6 fully saturated rings. The first-order valence-corrected chi connectivity index (χ1v) is 28.8. The molecule has 0 amide bonds. The fraction of sp³-hybridized carbons (Fsp3) is 0.576. The summed E-state index contributed by atoms with van der Waals surface area (Å²) in [6, 6.07) is 20.2. The van der Waals surface area contributed by atoms with Crippen molar-refractivity contribution in [2.24, 2.45) is 56.6 Å². The van der Waals surface area contributed by atoms with E-state index < -0.39 is 24.4 Å². The molecule has 8 rings (SSSR count). The number of rotatable bonds is 20. The standard InChI is InChI=1S/C33H47NO4.C33H45NO4/c2*1-5-18-38-34-31(26-10-7-6-8-11-26)22-37-21-23(2)29-15-16-30-25(12-9-17-33(29,30)4)13-14-27-19-28(35)20-32(36)24(27)3/h6-8,10-11,13-14,23,28-30,32,35-36H,3,5,9,12,15-22H2,1-2,4H3;5-8,10-11,13-14,23,28-30,32,35-36H,1,3,9,12,15-22H2,2,4H3/b2*25-13+,27-14-,34-31+/t2*23-,28-,29-,30+,32+,33-/m11/s1. The predicted octanol–water partition coefficient (Wildman–Crippen LogP) is 13.0. The molecule has 0 spiro atoms. The minimum absolute atomic E-state index is 0.261. The molecular formula is C66H92N2O8. The molecule has 6 saturated carbocycles. The molecule has 6 aliphatic rings. The summed E-state index contributed by atoms with van der Waals surface area (Å²) in [7, 11) is 0. The first-order valence-electron chi connectivity index (χ1n) is 28.8. The lowest BCUT2D eigenvalue weighted by Crippen LogP contribution is -2.37. The molecule has 0 bridgehead atoms. The quantitative estimate of drug-likeness (QED) is 0.0444. The van der Waals surface area contributed by atoms with Gasteiger partial charge in [-0.2, -0.15) is 0 Å². The maximum atomic E-state index is 10.2. The Hall–Kier alpha value is -4.68. The van der Waals surface area contributed by atoms with E-state index in [-0.39, 0.29) is 10.8 Å². The summed E-state index contributed by atoms with van der Waals surface area (Å²) in [5, 5.41) is 49.4. The fourth-order valence-corrected chi connectivity index (χ4v) is 14.2. The van der Waals surface area contributed by atoms with E-state index in [1.165, 1.54) is 62.5 Å². The normalized spacial score (nSPS) is 32.9. The Morgan fingerprint density at radius 2 is 1.08 bits per heavy atom. The van der Waals surface area contributed by atoms with Crippen molar-refractivity contribution >= 4 is 11.4 Å². The first kappa shape index (κ1) is 59.0. The van der Waals surface area contributed by atoms with Crippen LogP contribution >= 0.6 is 0 Å². The Morgan fingerprint density at radius 3 is 1.50 bits per heavy atom. The second kappa shape index (κ2) is 28.3. The van der Waals surface area contributed by atoms with Gasteiger partial charge in [0.25, 0.3) is 0 Å². The molecule has 10 nitrogen and oxygen atoms in total. The zero-order chi connectivity index (χ0) is 54.2. The molecule has 0 unspecified atom stereocenters. The van der Waals surface area contributed by atoms with Gasteiger partial charge in [-0.3, -0.25) is 0 Å². The fourth-order valence-electron chi connectivity index (χ4n) is 14.2. The molecule has 0 aliphatic heterocycles. The third kappa shape index (κ3) is 14.9. The van der Waals surface area contributed by atoms with Crippen LogP contribution in [-0.4, -0.2) is 95.9 Å². The van der Waals surface area contributed by atoms with Gasteiger partial charge in [0.2, 0.25) is 0 Å². The summed E-state index contributed by atoms with van der Waals surface area (Å²) in [4.78, 5) is 10.9. The minimum atomic E-state index is -0.641. The number of allylic oxidation sites excluding steroid dienone is 6. The summed E-state index contributed by atoms with van der Waals surface area (Å²) < 4.78 is 12.5. The SMILES string of the molecule is C=C1/C(=C\C=C2/CCC[C@]3(C)[C@@H]([C@H](C)COC/C(=N\OCCC)c4ccccc4)CC[C@@H]23)C[C@@H](O)C[C@@H]1O.C=CCO/N=C(\COC[C@@H](C)[C@H]1CC[C@H]2/C(=C/C=C3/C[C@@H](O)C[C@H](O)C3=C)CCC[C@]12C)c1ccccc1. The lowest BCUT2D eigenvalue weighted by atomic mass is 9.61. The van der Waals surface area contributed by atoms with E-state index in [4.69, 9.17) is 19.1 Å². The predicted molar refractivity (Wildman–Crippen MR) is 308 cm³/mol. The van der Waals surface area contributed by atoms with Gasteiger partial charge in [-0.15, -0.1) is 0 Å². The van der Waals surface area contributed by atoms with Gasteiger partial charge in [-0.05, 0) is 152 Å². The summed E-state index contributed by atoms with van der Waals surface area (Å²) in [5.74, 6) is 3.27. The number of aliphatic hydroxyl groups is 4. The van der Waals surface area contributed by atoms with Crippen molar-refractivity contribution < 1.29 is 39.6 Å². The topological polar surface area (TPSA) is 143 Å². The molecule has 0 heterocycles. The number of hydrogen-bond acceptors (Lipinski definition) is 10. The van der Waals surface area contributed by atoms with E-state index in [0.717, 1.165) is 64.1 Å². The maximum absolute atomic E-state index is 10.2. The largest absolute Gasteiger partial charge is 0.396 e. The number of nitrogens with zero attached hydrogens (tertiary/aromatic N) is 2. The Labute approximate surface area is 456 Å². The second-order valence-corrected chi connectivity index (χ2v) is 23.5. The van der Waals surface area contributed by atoms with E-state index in [2.05, 4.69) is 101 Å². The van der Waals surface area contributed by atoms with Crippen molar-refractivity contribution in [1.29, 1.82) is 0 Å². The van der Waals surface area contributed by atoms with Crippen molar-refractivity contribution in [2.75, 3.05) is 39.6 Å². The molecule has 76 heavy (non-hydrogen) atoms. The number of oxime groups is 2. The van der Waals surface area contributed by atoms with Crippen LogP contribution in [0.25, 0.3) is 0 Å². The van der Waals surface area contributed by atoms with Crippen LogP contribution in [0, 0.1) is 46.3 Å². The Balaban J connectivity index is 0.000000221. The van der Waals surface area contributed by atoms with Gasteiger partial charge in [-0.25, -0.2) is 0 Å². The molecule has 414 valence electrons. The summed E-state index contributed by atoms with van der Waals surface area (Å²) >= 11 is 0. The van der Waals surface area contributed by atoms with Gasteiger partial charge in [-0.1, -0.05) is 167 Å². The van der Waals surface area contributed by atoms with E-state index in [1.54, 1.807) is 6.08 Å². The Bertz CT molecular complexity index is 2420. The highest BCUT2D eigenvalue weighted by molar-refractivity contribution is 6.01. The highest BCUT2D eigenvalue weighted by atomic mass is 16.6. The van der Waals surface area contributed by atoms with Crippen molar-refractivity contribution in [3.8, 4) is 0 Å². The van der Waals surface area contributed by atoms with E-state index >= 15 is 0 Å². The van der Waals surface area contributed by atoms with Gasteiger partial charge in [0.15, 0.2) is 0 Å².